The summed E-state index contributed by atoms with van der Waals surface area (Å²) in [5.74, 6) is 1.83. The van der Waals surface area contributed by atoms with E-state index in [0.29, 0.717) is 17.4 Å². The van der Waals surface area contributed by atoms with Crippen molar-refractivity contribution in [1.82, 2.24) is 10.3 Å². The third-order valence-electron chi connectivity index (χ3n) is 4.45. The molecule has 1 atom stereocenters. The highest BCUT2D eigenvalue weighted by Gasteiger charge is 2.18. The molecular weight excluding hydrogens is 404 g/mol. The Hall–Kier alpha value is -2.38. The van der Waals surface area contributed by atoms with Gasteiger partial charge in [0.05, 0.1) is 32.4 Å². The van der Waals surface area contributed by atoms with Crippen LogP contribution in [0.25, 0.3) is 10.6 Å². The van der Waals surface area contributed by atoms with Gasteiger partial charge in [-0.2, -0.15) is 0 Å². The molecule has 1 amide bonds. The first-order chi connectivity index (χ1) is 14.0. The number of amides is 1. The largest absolute Gasteiger partial charge is 0.493 e. The Balaban J connectivity index is 1.68. The summed E-state index contributed by atoms with van der Waals surface area (Å²) in [6, 6.07) is 9.85. The quantitative estimate of drug-likeness (QED) is 0.498. The van der Waals surface area contributed by atoms with Gasteiger partial charge in [-0.15, -0.1) is 22.7 Å². The normalized spacial score (nSPS) is 12.0. The maximum absolute atomic E-state index is 12.7. The number of nitrogens with zero attached hydrogens (tertiary/aromatic N) is 1. The Labute approximate surface area is 179 Å². The number of aromatic nitrogens is 1. The predicted molar refractivity (Wildman–Crippen MR) is 119 cm³/mol. The first-order valence-corrected chi connectivity index (χ1v) is 11.3. The van der Waals surface area contributed by atoms with Gasteiger partial charge in [-0.3, -0.25) is 4.79 Å². The van der Waals surface area contributed by atoms with E-state index in [1.54, 1.807) is 25.6 Å². The van der Waals surface area contributed by atoms with E-state index in [9.17, 15) is 4.79 Å². The monoisotopic (exact) mass is 430 g/mol. The van der Waals surface area contributed by atoms with Gasteiger partial charge in [0.2, 0.25) is 5.91 Å². The zero-order chi connectivity index (χ0) is 20.8. The highest BCUT2D eigenvalue weighted by Crippen LogP contribution is 2.33. The van der Waals surface area contributed by atoms with Gasteiger partial charge < -0.3 is 14.8 Å². The maximum atomic E-state index is 12.7. The van der Waals surface area contributed by atoms with Crippen LogP contribution in [-0.4, -0.2) is 25.1 Å². The van der Waals surface area contributed by atoms with Crippen molar-refractivity contribution in [1.29, 1.82) is 0 Å². The molecule has 0 fully saturated rings. The lowest BCUT2D eigenvalue weighted by atomic mass is 10.0. The molecule has 0 radical (unpaired) electrons. The third-order valence-corrected chi connectivity index (χ3v) is 6.38. The van der Waals surface area contributed by atoms with Gasteiger partial charge >= 0.3 is 0 Å². The Morgan fingerprint density at radius 3 is 2.59 bits per heavy atom. The standard InChI is InChI=1S/C22H26N2O3S2/c1-14(2)10-17(20-6-5-9-28-20)24-21(25)12-16-13-29-22(23-16)15-7-8-18(26-3)19(11-15)27-4/h5-9,11,13-14,17H,10,12H2,1-4H3,(H,24,25). The zero-order valence-corrected chi connectivity index (χ0v) is 18.7. The van der Waals surface area contributed by atoms with Gasteiger partial charge in [-0.1, -0.05) is 19.9 Å². The van der Waals surface area contributed by atoms with Crippen LogP contribution in [-0.2, 0) is 11.2 Å². The number of hydrogen-bond donors (Lipinski definition) is 1. The summed E-state index contributed by atoms with van der Waals surface area (Å²) in [5, 5.41) is 8.02. The molecule has 2 aromatic heterocycles. The lowest BCUT2D eigenvalue weighted by Gasteiger charge is -2.19. The molecular formula is C22H26N2O3S2. The van der Waals surface area contributed by atoms with Crippen LogP contribution in [0.15, 0.2) is 41.1 Å². The number of thiophene rings is 1. The van der Waals surface area contributed by atoms with Crippen LogP contribution in [0.5, 0.6) is 11.5 Å². The molecule has 0 aliphatic carbocycles. The molecule has 5 nitrogen and oxygen atoms in total. The van der Waals surface area contributed by atoms with Crippen LogP contribution in [0.4, 0.5) is 0 Å². The minimum Gasteiger partial charge on any atom is -0.493 e. The Bertz CT molecular complexity index is 935. The summed E-state index contributed by atoms with van der Waals surface area (Å²) in [4.78, 5) is 18.5. The second-order valence-corrected chi connectivity index (χ2v) is 8.99. The highest BCUT2D eigenvalue weighted by molar-refractivity contribution is 7.13. The molecule has 0 aliphatic heterocycles. The summed E-state index contributed by atoms with van der Waals surface area (Å²) in [5.41, 5.74) is 1.71. The van der Waals surface area contributed by atoms with Crippen LogP contribution >= 0.6 is 22.7 Å². The van der Waals surface area contributed by atoms with E-state index in [0.717, 1.165) is 22.7 Å². The molecule has 7 heteroatoms. The molecule has 0 saturated carbocycles. The van der Waals surface area contributed by atoms with Gasteiger partial charge in [0.1, 0.15) is 5.01 Å². The molecule has 0 saturated heterocycles. The molecule has 2 heterocycles. The summed E-state index contributed by atoms with van der Waals surface area (Å²) >= 11 is 3.20. The third kappa shape index (κ3) is 5.58. The fourth-order valence-electron chi connectivity index (χ4n) is 3.11. The SMILES string of the molecule is COc1ccc(-c2nc(CC(=O)NC(CC(C)C)c3cccs3)cs2)cc1OC. The fourth-order valence-corrected chi connectivity index (χ4v) is 4.71. The lowest BCUT2D eigenvalue weighted by Crippen LogP contribution is -2.30. The van der Waals surface area contributed by atoms with Gasteiger partial charge in [0, 0.05) is 15.8 Å². The first-order valence-electron chi connectivity index (χ1n) is 9.49. The van der Waals surface area contributed by atoms with Crippen molar-refractivity contribution in [3.8, 4) is 22.1 Å². The molecule has 1 aromatic carbocycles. The Morgan fingerprint density at radius 2 is 1.93 bits per heavy atom. The maximum Gasteiger partial charge on any atom is 0.226 e. The van der Waals surface area contributed by atoms with Gasteiger partial charge in [0.25, 0.3) is 0 Å². The summed E-state index contributed by atoms with van der Waals surface area (Å²) in [6.07, 6.45) is 1.18. The zero-order valence-electron chi connectivity index (χ0n) is 17.1. The van der Waals surface area contributed by atoms with E-state index in [4.69, 9.17) is 9.47 Å². The van der Waals surface area contributed by atoms with Crippen LogP contribution in [0.3, 0.4) is 0 Å². The number of carbonyl (C=O) groups is 1. The Kier molecular flexibility index (Phi) is 7.28. The second-order valence-electron chi connectivity index (χ2n) is 7.16. The minimum atomic E-state index is -0.00629. The number of hydrogen-bond acceptors (Lipinski definition) is 6. The topological polar surface area (TPSA) is 60.5 Å². The van der Waals surface area contributed by atoms with E-state index in [2.05, 4.69) is 30.2 Å². The average Bonchev–Trinajstić information content (AvgIpc) is 3.38. The first kappa shape index (κ1) is 21.3. The summed E-state index contributed by atoms with van der Waals surface area (Å²) < 4.78 is 10.7. The van der Waals surface area contributed by atoms with E-state index >= 15 is 0 Å². The molecule has 1 N–H and O–H groups in total. The van der Waals surface area contributed by atoms with Crippen molar-refractivity contribution < 1.29 is 14.3 Å². The van der Waals surface area contributed by atoms with Gasteiger partial charge in [0.15, 0.2) is 11.5 Å². The molecule has 0 bridgehead atoms. The molecule has 1 unspecified atom stereocenters. The average molecular weight is 431 g/mol. The number of ether oxygens (including phenoxy) is 2. The van der Waals surface area contributed by atoms with E-state index in [1.165, 1.54) is 16.2 Å². The van der Waals surface area contributed by atoms with Crippen molar-refractivity contribution in [3.05, 3.63) is 51.7 Å². The van der Waals surface area contributed by atoms with Crippen molar-refractivity contribution in [2.75, 3.05) is 14.2 Å². The van der Waals surface area contributed by atoms with E-state index < -0.39 is 0 Å². The number of thiazole rings is 1. The van der Waals surface area contributed by atoms with Crippen molar-refractivity contribution in [2.45, 2.75) is 32.7 Å². The minimum absolute atomic E-state index is 0.00629. The summed E-state index contributed by atoms with van der Waals surface area (Å²) in [7, 11) is 3.22. The van der Waals surface area contributed by atoms with E-state index in [-0.39, 0.29) is 18.4 Å². The van der Waals surface area contributed by atoms with Crippen LogP contribution in [0.1, 0.15) is 36.9 Å². The van der Waals surface area contributed by atoms with Crippen molar-refractivity contribution in [2.24, 2.45) is 5.92 Å². The molecule has 154 valence electrons. The number of nitrogens with one attached hydrogen (secondary N) is 1. The van der Waals surface area contributed by atoms with Crippen molar-refractivity contribution >= 4 is 28.6 Å². The number of methoxy groups -OCH3 is 2. The number of rotatable bonds is 9. The molecule has 3 aromatic rings. The van der Waals surface area contributed by atoms with E-state index in [1.807, 2.05) is 35.0 Å². The number of benzene rings is 1. The molecule has 3 rings (SSSR count). The fraction of sp³-hybridized carbons (Fsp3) is 0.364. The van der Waals surface area contributed by atoms with Crippen LogP contribution in [0.2, 0.25) is 0 Å². The molecule has 29 heavy (non-hydrogen) atoms. The summed E-state index contributed by atoms with van der Waals surface area (Å²) in [6.45, 7) is 4.34. The Morgan fingerprint density at radius 1 is 1.14 bits per heavy atom. The molecule has 0 aliphatic rings. The van der Waals surface area contributed by atoms with Gasteiger partial charge in [-0.05, 0) is 42.0 Å². The highest BCUT2D eigenvalue weighted by atomic mass is 32.1. The molecule has 0 spiro atoms. The smallest absolute Gasteiger partial charge is 0.226 e. The predicted octanol–water partition coefficient (Wildman–Crippen LogP) is 5.33. The lowest BCUT2D eigenvalue weighted by molar-refractivity contribution is -0.121. The van der Waals surface area contributed by atoms with Crippen molar-refractivity contribution in [3.63, 3.8) is 0 Å². The van der Waals surface area contributed by atoms with Crippen LogP contribution in [0, 0.1) is 5.92 Å². The number of carbonyl (C=O) groups excluding carboxylic acids is 1. The van der Waals surface area contributed by atoms with Crippen LogP contribution < -0.4 is 14.8 Å². The second kappa shape index (κ2) is 9.89. The van der Waals surface area contributed by atoms with Gasteiger partial charge in [-0.25, -0.2) is 4.98 Å².